The molecule has 0 atom stereocenters. The van der Waals surface area contributed by atoms with E-state index in [9.17, 15) is 10.1 Å². The minimum atomic E-state index is -0.334. The van der Waals surface area contributed by atoms with E-state index in [4.69, 9.17) is 0 Å². The van der Waals surface area contributed by atoms with Crippen LogP contribution in [0.5, 0.6) is 0 Å². The average molecular weight is 370 g/mol. The lowest BCUT2D eigenvalue weighted by Gasteiger charge is -2.03. The van der Waals surface area contributed by atoms with Gasteiger partial charge in [0.05, 0.1) is 8.49 Å². The number of halogens is 2. The van der Waals surface area contributed by atoms with Crippen molar-refractivity contribution in [3.05, 3.63) is 37.4 Å². The zero-order valence-corrected chi connectivity index (χ0v) is 11.1. The Bertz CT molecular complexity index is 344. The molecule has 1 aromatic carbocycles. The maximum absolute atomic E-state index is 10.6. The summed E-state index contributed by atoms with van der Waals surface area (Å²) in [6, 6.07) is 5.22. The summed E-state index contributed by atoms with van der Waals surface area (Å²) in [6.07, 6.45) is 1.88. The van der Waals surface area contributed by atoms with E-state index in [0.717, 1.165) is 27.3 Å². The molecule has 0 bridgehead atoms. The third-order valence-electron chi connectivity index (χ3n) is 1.83. The van der Waals surface area contributed by atoms with Gasteiger partial charge in [0.15, 0.2) is 0 Å². The van der Waals surface area contributed by atoms with Crippen molar-refractivity contribution in [1.29, 1.82) is 0 Å². The maximum Gasteiger partial charge on any atom is 0.282 e. The van der Waals surface area contributed by atoms with Crippen molar-refractivity contribution in [3.63, 3.8) is 0 Å². The van der Waals surface area contributed by atoms with Gasteiger partial charge in [0.2, 0.25) is 0 Å². The summed E-state index contributed by atoms with van der Waals surface area (Å²) < 4.78 is 0.760. The number of nitro groups is 1. The van der Waals surface area contributed by atoms with E-state index in [1.165, 1.54) is 0 Å². The molecule has 0 aliphatic heterocycles. The summed E-state index contributed by atoms with van der Waals surface area (Å²) >= 11 is 5.38. The van der Waals surface area contributed by atoms with E-state index in [-0.39, 0.29) is 10.6 Å². The lowest BCUT2D eigenvalue weighted by molar-refractivity contribution is -0.385. The topological polar surface area (TPSA) is 43.1 Å². The van der Waals surface area contributed by atoms with Crippen LogP contribution in [0, 0.1) is 13.7 Å². The molecule has 1 rings (SSSR count). The van der Waals surface area contributed by atoms with Crippen LogP contribution in [0.4, 0.5) is 5.69 Å². The van der Waals surface area contributed by atoms with Crippen LogP contribution in [0.15, 0.2) is 18.2 Å². The van der Waals surface area contributed by atoms with Gasteiger partial charge in [0.25, 0.3) is 5.69 Å². The van der Waals surface area contributed by atoms with Crippen molar-refractivity contribution in [1.82, 2.24) is 0 Å². The lowest BCUT2D eigenvalue weighted by Crippen LogP contribution is -1.96. The Hall–Kier alpha value is -0.170. The molecule has 0 spiro atoms. The van der Waals surface area contributed by atoms with E-state index < -0.39 is 0 Å². The fraction of sp³-hybridized carbons (Fsp3) is 0.333. The van der Waals surface area contributed by atoms with Crippen molar-refractivity contribution in [2.45, 2.75) is 12.8 Å². The number of alkyl halides is 1. The minimum Gasteiger partial charge on any atom is -0.258 e. The Morgan fingerprint density at radius 3 is 2.79 bits per heavy atom. The second-order valence-corrected chi connectivity index (χ2v) is 4.67. The smallest absolute Gasteiger partial charge is 0.258 e. The van der Waals surface area contributed by atoms with E-state index in [1.54, 1.807) is 12.1 Å². The first kappa shape index (κ1) is 11.9. The van der Waals surface area contributed by atoms with E-state index in [0.29, 0.717) is 0 Å². The fourth-order valence-corrected chi connectivity index (χ4v) is 2.26. The van der Waals surface area contributed by atoms with Crippen molar-refractivity contribution < 1.29 is 4.92 Å². The summed E-state index contributed by atoms with van der Waals surface area (Å²) in [6.45, 7) is 0. The first-order chi connectivity index (χ1) is 6.66. The molecule has 0 N–H and O–H groups in total. The van der Waals surface area contributed by atoms with Gasteiger partial charge in [-0.2, -0.15) is 0 Å². The molecule has 0 radical (unpaired) electrons. The van der Waals surface area contributed by atoms with Gasteiger partial charge in [-0.3, -0.25) is 10.1 Å². The molecular formula is C9H9BrINO2. The molecule has 0 saturated heterocycles. The van der Waals surface area contributed by atoms with Crippen molar-refractivity contribution in [3.8, 4) is 0 Å². The third-order valence-corrected chi connectivity index (χ3v) is 3.64. The highest BCUT2D eigenvalue weighted by molar-refractivity contribution is 14.1. The number of benzene rings is 1. The second-order valence-electron chi connectivity index (χ2n) is 2.80. The van der Waals surface area contributed by atoms with Crippen LogP contribution in [-0.4, -0.2) is 10.3 Å². The summed E-state index contributed by atoms with van der Waals surface area (Å²) in [4.78, 5) is 10.3. The van der Waals surface area contributed by atoms with Crippen LogP contribution >= 0.6 is 38.5 Å². The number of hydrogen-bond donors (Lipinski definition) is 0. The van der Waals surface area contributed by atoms with Crippen LogP contribution in [0.25, 0.3) is 0 Å². The van der Waals surface area contributed by atoms with Gasteiger partial charge >= 0.3 is 0 Å². The third kappa shape index (κ3) is 2.91. The van der Waals surface area contributed by atoms with Crippen molar-refractivity contribution >= 4 is 44.2 Å². The Balaban J connectivity index is 2.95. The Kier molecular flexibility index (Phi) is 4.80. The summed E-state index contributed by atoms with van der Waals surface area (Å²) in [5.41, 5.74) is 1.26. The molecule has 0 saturated carbocycles. The first-order valence-electron chi connectivity index (χ1n) is 4.14. The van der Waals surface area contributed by atoms with Crippen molar-refractivity contribution in [2.75, 3.05) is 5.33 Å². The van der Waals surface area contributed by atoms with Gasteiger partial charge in [0.1, 0.15) is 0 Å². The van der Waals surface area contributed by atoms with Gasteiger partial charge in [-0.15, -0.1) is 0 Å². The van der Waals surface area contributed by atoms with E-state index in [1.807, 2.05) is 28.7 Å². The van der Waals surface area contributed by atoms with Crippen LogP contribution < -0.4 is 0 Å². The lowest BCUT2D eigenvalue weighted by atomic mass is 10.1. The monoisotopic (exact) mass is 369 g/mol. The zero-order chi connectivity index (χ0) is 10.6. The molecule has 0 unspecified atom stereocenters. The molecule has 76 valence electrons. The van der Waals surface area contributed by atoms with E-state index in [2.05, 4.69) is 15.9 Å². The molecule has 0 fully saturated rings. The summed E-state index contributed by atoms with van der Waals surface area (Å²) in [5, 5.41) is 11.6. The molecule has 0 aliphatic carbocycles. The summed E-state index contributed by atoms with van der Waals surface area (Å²) in [5.74, 6) is 0. The minimum absolute atomic E-state index is 0.206. The average Bonchev–Trinajstić information content (AvgIpc) is 2.16. The number of nitrogens with zero attached hydrogens (tertiary/aromatic N) is 1. The highest BCUT2D eigenvalue weighted by atomic mass is 127. The Labute approximate surface area is 104 Å². The second kappa shape index (κ2) is 5.65. The SMILES string of the molecule is O=[N+]([O-])c1cccc(CCCBr)c1I. The normalized spacial score (nSPS) is 10.1. The predicted octanol–water partition coefficient (Wildman–Crippen LogP) is 3.53. The fourth-order valence-electron chi connectivity index (χ4n) is 1.16. The van der Waals surface area contributed by atoms with Crippen molar-refractivity contribution in [2.24, 2.45) is 0 Å². The maximum atomic E-state index is 10.6. The first-order valence-corrected chi connectivity index (χ1v) is 6.34. The predicted molar refractivity (Wildman–Crippen MR) is 67.9 cm³/mol. The van der Waals surface area contributed by atoms with E-state index >= 15 is 0 Å². The number of rotatable bonds is 4. The Morgan fingerprint density at radius 2 is 2.21 bits per heavy atom. The molecular weight excluding hydrogens is 361 g/mol. The molecule has 0 aliphatic rings. The Morgan fingerprint density at radius 1 is 1.50 bits per heavy atom. The molecule has 14 heavy (non-hydrogen) atoms. The van der Waals surface area contributed by atoms with Crippen LogP contribution in [0.1, 0.15) is 12.0 Å². The summed E-state index contributed by atoms with van der Waals surface area (Å²) in [7, 11) is 0. The quantitative estimate of drug-likeness (QED) is 0.352. The number of hydrogen-bond acceptors (Lipinski definition) is 2. The van der Waals surface area contributed by atoms with Gasteiger partial charge in [-0.05, 0) is 41.0 Å². The molecule has 1 aromatic rings. The van der Waals surface area contributed by atoms with Gasteiger partial charge < -0.3 is 0 Å². The molecule has 5 heteroatoms. The van der Waals surface area contributed by atoms with Gasteiger partial charge in [0, 0.05) is 11.4 Å². The van der Waals surface area contributed by atoms with Crippen LogP contribution in [-0.2, 0) is 6.42 Å². The molecule has 3 nitrogen and oxygen atoms in total. The molecule has 0 heterocycles. The van der Waals surface area contributed by atoms with Gasteiger partial charge in [-0.25, -0.2) is 0 Å². The van der Waals surface area contributed by atoms with Crippen LogP contribution in [0.3, 0.4) is 0 Å². The van der Waals surface area contributed by atoms with Gasteiger partial charge in [-0.1, -0.05) is 28.1 Å². The molecule has 0 amide bonds. The molecule has 0 aromatic heterocycles. The standard InChI is InChI=1S/C9H9BrINO2/c10-6-2-4-7-3-1-5-8(9(7)11)12(13)14/h1,3,5H,2,4,6H2. The highest BCUT2D eigenvalue weighted by Gasteiger charge is 2.13. The van der Waals surface area contributed by atoms with Crippen LogP contribution in [0.2, 0.25) is 0 Å². The zero-order valence-electron chi connectivity index (χ0n) is 7.37. The number of nitro benzene ring substituents is 1. The highest BCUT2D eigenvalue weighted by Crippen LogP contribution is 2.24. The number of aryl methyl sites for hydroxylation is 1. The largest absolute Gasteiger partial charge is 0.282 e.